The molecule has 1 fully saturated rings. The zero-order valence-corrected chi connectivity index (χ0v) is 20.8. The molecule has 8 nitrogen and oxygen atoms in total. The average Bonchev–Trinajstić information content (AvgIpc) is 2.95. The van der Waals surface area contributed by atoms with E-state index in [0.717, 1.165) is 37.0 Å². The van der Waals surface area contributed by atoms with Gasteiger partial charge in [0.15, 0.2) is 11.5 Å². The van der Waals surface area contributed by atoms with Gasteiger partial charge in [0.2, 0.25) is 0 Å². The third kappa shape index (κ3) is 6.38. The first kappa shape index (κ1) is 26.4. The maximum atomic E-state index is 14.0. The number of amides is 2. The molecule has 0 radical (unpaired) electrons. The smallest absolute Gasteiger partial charge is 0.272 e. The van der Waals surface area contributed by atoms with Gasteiger partial charge in [-0.2, -0.15) is 0 Å². The van der Waals surface area contributed by atoms with Crippen molar-refractivity contribution in [3.63, 3.8) is 0 Å². The lowest BCUT2D eigenvalue weighted by atomic mass is 9.95. The molecule has 3 aromatic rings. The van der Waals surface area contributed by atoms with Crippen LogP contribution >= 0.6 is 0 Å². The second-order valence-electron chi connectivity index (χ2n) is 9.10. The molecule has 0 unspecified atom stereocenters. The highest BCUT2D eigenvalue weighted by Crippen LogP contribution is 2.28. The van der Waals surface area contributed by atoms with Crippen LogP contribution in [-0.4, -0.2) is 27.9 Å². The Morgan fingerprint density at radius 3 is 2.32 bits per heavy atom. The Morgan fingerprint density at radius 2 is 1.63 bits per heavy atom. The van der Waals surface area contributed by atoms with Crippen LogP contribution in [0.2, 0.25) is 0 Å². The Bertz CT molecular complexity index is 1360. The molecule has 1 saturated carbocycles. The maximum absolute atomic E-state index is 14.0. The van der Waals surface area contributed by atoms with E-state index in [-0.39, 0.29) is 35.3 Å². The van der Waals surface area contributed by atoms with Gasteiger partial charge in [0.25, 0.3) is 11.8 Å². The van der Waals surface area contributed by atoms with Crippen molar-refractivity contribution in [1.82, 2.24) is 10.2 Å². The monoisotopic (exact) mass is 513 g/mol. The number of carbonyl (C=O) groups is 2. The number of azide groups is 1. The number of aliphatic hydroxyl groups excluding tert-OH is 1. The molecule has 0 saturated heterocycles. The van der Waals surface area contributed by atoms with Gasteiger partial charge in [0.1, 0.15) is 5.82 Å². The predicted molar refractivity (Wildman–Crippen MR) is 143 cm³/mol. The summed E-state index contributed by atoms with van der Waals surface area (Å²) in [5.41, 5.74) is 9.80. The molecule has 0 aliphatic heterocycles. The summed E-state index contributed by atoms with van der Waals surface area (Å²) in [5, 5.41) is 18.1. The Hall–Kier alpha value is -4.62. The van der Waals surface area contributed by atoms with Crippen LogP contribution in [0, 0.1) is 5.82 Å². The molecule has 0 atom stereocenters. The molecule has 3 aromatic carbocycles. The third-order valence-electron chi connectivity index (χ3n) is 6.48. The summed E-state index contributed by atoms with van der Waals surface area (Å²) < 4.78 is 13.6. The molecule has 0 aromatic heterocycles. The standard InChI is InChI=1S/C29H28FN5O3/c30-22-17-15-20(16-18-22)19-35(29(38)24-13-7-8-14-25(24)33-34-31)26(27(36)21-9-3-1-4-10-21)28(37)32-23-11-5-2-6-12-23/h1,3-4,7-10,13-18,23,36H,2,5-6,11-12,19H2,(H,32,37)/b27-26+. The summed E-state index contributed by atoms with van der Waals surface area (Å²) in [6, 6.07) is 20.1. The molecule has 38 heavy (non-hydrogen) atoms. The summed E-state index contributed by atoms with van der Waals surface area (Å²) in [5.74, 6) is -2.09. The van der Waals surface area contributed by atoms with Gasteiger partial charge in [0, 0.05) is 22.1 Å². The largest absolute Gasteiger partial charge is 0.505 e. The second-order valence-corrected chi connectivity index (χ2v) is 9.10. The van der Waals surface area contributed by atoms with E-state index < -0.39 is 17.6 Å². The van der Waals surface area contributed by atoms with Crippen molar-refractivity contribution in [2.75, 3.05) is 0 Å². The zero-order chi connectivity index (χ0) is 26.9. The Labute approximate surface area is 220 Å². The molecular formula is C29H28FN5O3. The van der Waals surface area contributed by atoms with Gasteiger partial charge < -0.3 is 10.4 Å². The Morgan fingerprint density at radius 1 is 0.974 bits per heavy atom. The van der Waals surface area contributed by atoms with E-state index in [9.17, 15) is 19.1 Å². The van der Waals surface area contributed by atoms with Crippen molar-refractivity contribution in [2.24, 2.45) is 5.11 Å². The molecule has 4 rings (SSSR count). The maximum Gasteiger partial charge on any atom is 0.272 e. The van der Waals surface area contributed by atoms with Crippen molar-refractivity contribution in [1.29, 1.82) is 0 Å². The first-order valence-corrected chi connectivity index (χ1v) is 12.5. The molecule has 0 spiro atoms. The molecule has 0 heterocycles. The number of hydrogen-bond donors (Lipinski definition) is 2. The first-order valence-electron chi connectivity index (χ1n) is 12.5. The predicted octanol–water partition coefficient (Wildman–Crippen LogP) is 6.79. The summed E-state index contributed by atoms with van der Waals surface area (Å²) in [6.07, 6.45) is 4.65. The highest BCUT2D eigenvalue weighted by Gasteiger charge is 2.31. The second kappa shape index (κ2) is 12.6. The molecular weight excluding hydrogens is 485 g/mol. The van der Waals surface area contributed by atoms with Gasteiger partial charge in [-0.05, 0) is 42.1 Å². The number of hydrogen-bond acceptors (Lipinski definition) is 4. The fourth-order valence-electron chi connectivity index (χ4n) is 4.55. The van der Waals surface area contributed by atoms with Crippen molar-refractivity contribution >= 4 is 23.3 Å². The van der Waals surface area contributed by atoms with Crippen LogP contribution in [0.25, 0.3) is 16.2 Å². The van der Waals surface area contributed by atoms with Crippen LogP contribution in [0.15, 0.2) is 89.7 Å². The van der Waals surface area contributed by atoms with E-state index >= 15 is 0 Å². The number of halogens is 1. The van der Waals surface area contributed by atoms with Crippen LogP contribution in [0.3, 0.4) is 0 Å². The van der Waals surface area contributed by atoms with E-state index in [1.807, 2.05) is 0 Å². The minimum absolute atomic E-state index is 0.0521. The lowest BCUT2D eigenvalue weighted by Crippen LogP contribution is -2.43. The first-order chi connectivity index (χ1) is 18.5. The molecule has 9 heteroatoms. The number of rotatable bonds is 8. The molecule has 2 N–H and O–H groups in total. The summed E-state index contributed by atoms with van der Waals surface area (Å²) in [4.78, 5) is 31.8. The van der Waals surface area contributed by atoms with Gasteiger partial charge >= 0.3 is 0 Å². The van der Waals surface area contributed by atoms with Crippen molar-refractivity contribution < 1.29 is 19.1 Å². The quantitative estimate of drug-likeness (QED) is 0.114. The van der Waals surface area contributed by atoms with Crippen LogP contribution in [0.5, 0.6) is 0 Å². The van der Waals surface area contributed by atoms with Crippen LogP contribution in [0.4, 0.5) is 10.1 Å². The van der Waals surface area contributed by atoms with Gasteiger partial charge in [-0.15, -0.1) is 0 Å². The highest BCUT2D eigenvalue weighted by atomic mass is 19.1. The minimum atomic E-state index is -0.659. The molecule has 2 amide bonds. The van der Waals surface area contributed by atoms with Crippen LogP contribution in [-0.2, 0) is 11.3 Å². The average molecular weight is 514 g/mol. The summed E-state index contributed by atoms with van der Waals surface area (Å²) in [6.45, 7) is -0.145. The van der Waals surface area contributed by atoms with E-state index in [1.54, 1.807) is 42.5 Å². The Balaban J connectivity index is 1.85. The summed E-state index contributed by atoms with van der Waals surface area (Å²) in [7, 11) is 0. The SMILES string of the molecule is [N-]=[N+]=Nc1ccccc1C(=O)N(Cc1ccc(F)cc1)/C(C(=O)NC1CCCCC1)=C(/O)c1ccccc1. The lowest BCUT2D eigenvalue weighted by molar-refractivity contribution is -0.119. The normalized spacial score (nSPS) is 14.1. The number of carbonyl (C=O) groups excluding carboxylic acids is 2. The molecule has 1 aliphatic carbocycles. The van der Waals surface area contributed by atoms with E-state index in [0.29, 0.717) is 11.1 Å². The number of benzene rings is 3. The van der Waals surface area contributed by atoms with Crippen molar-refractivity contribution in [3.8, 4) is 0 Å². The minimum Gasteiger partial charge on any atom is -0.505 e. The zero-order valence-electron chi connectivity index (χ0n) is 20.8. The van der Waals surface area contributed by atoms with Gasteiger partial charge in [-0.25, -0.2) is 4.39 Å². The Kier molecular flexibility index (Phi) is 8.74. The fraction of sp³-hybridized carbons (Fsp3) is 0.241. The topological polar surface area (TPSA) is 118 Å². The molecule has 0 bridgehead atoms. The van der Waals surface area contributed by atoms with Crippen molar-refractivity contribution in [2.45, 2.75) is 44.7 Å². The molecule has 1 aliphatic rings. The van der Waals surface area contributed by atoms with Crippen molar-refractivity contribution in [3.05, 3.63) is 118 Å². The van der Waals surface area contributed by atoms with Gasteiger partial charge in [-0.1, -0.05) is 85.0 Å². The van der Waals surface area contributed by atoms with E-state index in [2.05, 4.69) is 15.3 Å². The number of nitrogens with zero attached hydrogens (tertiary/aromatic N) is 4. The van der Waals surface area contributed by atoms with E-state index in [1.165, 1.54) is 36.4 Å². The summed E-state index contributed by atoms with van der Waals surface area (Å²) >= 11 is 0. The lowest BCUT2D eigenvalue weighted by Gasteiger charge is -2.29. The van der Waals surface area contributed by atoms with Gasteiger partial charge in [0.05, 0.1) is 12.2 Å². The molecule has 194 valence electrons. The van der Waals surface area contributed by atoms with Gasteiger partial charge in [-0.3, -0.25) is 14.5 Å². The van der Waals surface area contributed by atoms with Crippen LogP contribution in [0.1, 0.15) is 53.6 Å². The fourth-order valence-corrected chi connectivity index (χ4v) is 4.55. The van der Waals surface area contributed by atoms with E-state index in [4.69, 9.17) is 5.53 Å². The number of aliphatic hydroxyl groups is 1. The highest BCUT2D eigenvalue weighted by molar-refractivity contribution is 6.08. The number of nitrogens with one attached hydrogen (secondary N) is 1. The third-order valence-corrected chi connectivity index (χ3v) is 6.48. The van der Waals surface area contributed by atoms with Crippen LogP contribution < -0.4 is 5.32 Å².